The molecule has 0 saturated carbocycles. The van der Waals surface area contributed by atoms with Crippen LogP contribution in [0.4, 0.5) is 0 Å². The van der Waals surface area contributed by atoms with Gasteiger partial charge in [0.25, 0.3) is 0 Å². The van der Waals surface area contributed by atoms with E-state index in [0.29, 0.717) is 0 Å². The van der Waals surface area contributed by atoms with Crippen LogP contribution < -0.4 is 0 Å². The van der Waals surface area contributed by atoms with E-state index in [9.17, 15) is 0 Å². The monoisotopic (exact) mass is 342 g/mol. The summed E-state index contributed by atoms with van der Waals surface area (Å²) in [5.41, 5.74) is 0. The van der Waals surface area contributed by atoms with Crippen LogP contribution in [0.2, 0.25) is 0 Å². The molecule has 0 saturated heterocycles. The third-order valence-corrected chi connectivity index (χ3v) is 5.94. The highest BCUT2D eigenvalue weighted by Gasteiger charge is 1.95. The average molecular weight is 343 g/mol. The third kappa shape index (κ3) is 22.4. The molecule has 0 spiro atoms. The van der Waals surface area contributed by atoms with E-state index in [1.807, 2.05) is 0 Å². The van der Waals surface area contributed by atoms with E-state index in [4.69, 9.17) is 0 Å². The van der Waals surface area contributed by atoms with E-state index in [2.05, 4.69) is 25.6 Å². The summed E-state index contributed by atoms with van der Waals surface area (Å²) in [6, 6.07) is 0. The van der Waals surface area contributed by atoms with Crippen molar-refractivity contribution >= 4 is 11.8 Å². The maximum atomic E-state index is 2.30. The van der Waals surface area contributed by atoms with Gasteiger partial charge in [-0.3, -0.25) is 0 Å². The van der Waals surface area contributed by atoms with Gasteiger partial charge in [0.15, 0.2) is 0 Å². The summed E-state index contributed by atoms with van der Waals surface area (Å²) in [7, 11) is 0. The fraction of sp³-hybridized carbons (Fsp3) is 1.00. The SMILES string of the molecule is CCCCCCCCCCCCCSCCCCCCCCC. The molecule has 0 aromatic heterocycles. The molecule has 140 valence electrons. The lowest BCUT2D eigenvalue weighted by Gasteiger charge is -2.04. The van der Waals surface area contributed by atoms with Gasteiger partial charge in [0, 0.05) is 0 Å². The Labute approximate surface area is 153 Å². The van der Waals surface area contributed by atoms with Gasteiger partial charge in [0.1, 0.15) is 0 Å². The van der Waals surface area contributed by atoms with E-state index in [1.54, 1.807) is 0 Å². The molecule has 0 N–H and O–H groups in total. The van der Waals surface area contributed by atoms with Gasteiger partial charge in [0.2, 0.25) is 0 Å². The molecule has 1 heteroatoms. The molecular weight excluding hydrogens is 296 g/mol. The van der Waals surface area contributed by atoms with Crippen molar-refractivity contribution in [1.82, 2.24) is 0 Å². The first-order valence-electron chi connectivity index (χ1n) is 11.0. The lowest BCUT2D eigenvalue weighted by Crippen LogP contribution is -1.87. The fourth-order valence-corrected chi connectivity index (χ4v) is 4.15. The zero-order chi connectivity index (χ0) is 16.8. The standard InChI is InChI=1S/C22H46S/c1-3-5-7-9-11-12-13-14-16-18-20-22-23-21-19-17-15-10-8-6-4-2/h3-22H2,1-2H3. The summed E-state index contributed by atoms with van der Waals surface area (Å²) in [6.45, 7) is 4.60. The Morgan fingerprint density at radius 1 is 0.348 bits per heavy atom. The summed E-state index contributed by atoms with van der Waals surface area (Å²) in [4.78, 5) is 0. The molecule has 0 atom stereocenters. The second-order valence-electron chi connectivity index (χ2n) is 7.27. The molecular formula is C22H46S. The molecule has 0 bridgehead atoms. The minimum Gasteiger partial charge on any atom is -0.162 e. The Morgan fingerprint density at radius 2 is 0.609 bits per heavy atom. The fourth-order valence-electron chi connectivity index (χ4n) is 3.13. The first-order chi connectivity index (χ1) is 11.4. The zero-order valence-electron chi connectivity index (χ0n) is 16.6. The van der Waals surface area contributed by atoms with Gasteiger partial charge in [-0.15, -0.1) is 0 Å². The Morgan fingerprint density at radius 3 is 0.913 bits per heavy atom. The van der Waals surface area contributed by atoms with Crippen molar-refractivity contribution in [3.63, 3.8) is 0 Å². The Hall–Kier alpha value is 0.350. The molecule has 0 amide bonds. The van der Waals surface area contributed by atoms with Crippen LogP contribution in [0.25, 0.3) is 0 Å². The lowest BCUT2D eigenvalue weighted by atomic mass is 10.1. The van der Waals surface area contributed by atoms with Crippen LogP contribution in [-0.2, 0) is 0 Å². The summed E-state index contributed by atoms with van der Waals surface area (Å²) in [5.74, 6) is 2.82. The number of hydrogen-bond acceptors (Lipinski definition) is 1. The van der Waals surface area contributed by atoms with Crippen LogP contribution in [-0.4, -0.2) is 11.5 Å². The summed E-state index contributed by atoms with van der Waals surface area (Å²) < 4.78 is 0. The van der Waals surface area contributed by atoms with E-state index < -0.39 is 0 Å². The third-order valence-electron chi connectivity index (χ3n) is 4.78. The highest BCUT2D eigenvalue weighted by atomic mass is 32.2. The molecule has 0 rings (SSSR count). The highest BCUT2D eigenvalue weighted by Crippen LogP contribution is 2.14. The highest BCUT2D eigenvalue weighted by molar-refractivity contribution is 7.99. The quantitative estimate of drug-likeness (QED) is 0.199. The normalized spacial score (nSPS) is 11.2. The molecule has 0 unspecified atom stereocenters. The van der Waals surface area contributed by atoms with Gasteiger partial charge in [-0.05, 0) is 24.3 Å². The topological polar surface area (TPSA) is 0 Å². The van der Waals surface area contributed by atoms with Crippen molar-refractivity contribution < 1.29 is 0 Å². The molecule has 0 aromatic rings. The van der Waals surface area contributed by atoms with Crippen molar-refractivity contribution in [2.24, 2.45) is 0 Å². The Bertz CT molecular complexity index is 170. The van der Waals surface area contributed by atoms with Crippen molar-refractivity contribution in [2.45, 2.75) is 129 Å². The molecule has 0 nitrogen and oxygen atoms in total. The summed E-state index contributed by atoms with van der Waals surface area (Å²) in [6.07, 6.45) is 26.2. The second-order valence-corrected chi connectivity index (χ2v) is 8.49. The largest absolute Gasteiger partial charge is 0.162 e. The van der Waals surface area contributed by atoms with Crippen LogP contribution in [0, 0.1) is 0 Å². The van der Waals surface area contributed by atoms with Gasteiger partial charge >= 0.3 is 0 Å². The van der Waals surface area contributed by atoms with Gasteiger partial charge in [-0.2, -0.15) is 11.8 Å². The summed E-state index contributed by atoms with van der Waals surface area (Å²) >= 11 is 2.20. The first kappa shape index (κ1) is 23.4. The van der Waals surface area contributed by atoms with E-state index in [1.165, 1.54) is 127 Å². The molecule has 0 aliphatic carbocycles. The van der Waals surface area contributed by atoms with E-state index >= 15 is 0 Å². The molecule has 0 heterocycles. The predicted octanol–water partition coefficient (Wildman–Crippen LogP) is 8.78. The molecule has 0 aromatic carbocycles. The molecule has 0 aliphatic heterocycles. The van der Waals surface area contributed by atoms with Crippen LogP contribution in [0.1, 0.15) is 129 Å². The first-order valence-corrected chi connectivity index (χ1v) is 12.1. The van der Waals surface area contributed by atoms with Gasteiger partial charge in [-0.25, -0.2) is 0 Å². The smallest absolute Gasteiger partial charge is 0.00675 e. The number of unbranched alkanes of at least 4 members (excludes halogenated alkanes) is 16. The average Bonchev–Trinajstić information content (AvgIpc) is 2.57. The molecule has 0 fully saturated rings. The maximum absolute atomic E-state index is 2.30. The van der Waals surface area contributed by atoms with Gasteiger partial charge in [-0.1, -0.05) is 117 Å². The number of thioether (sulfide) groups is 1. The van der Waals surface area contributed by atoms with Crippen LogP contribution in [0.3, 0.4) is 0 Å². The van der Waals surface area contributed by atoms with E-state index in [-0.39, 0.29) is 0 Å². The minimum absolute atomic E-state index is 1.37. The second kappa shape index (κ2) is 22.4. The minimum atomic E-state index is 1.37. The van der Waals surface area contributed by atoms with Crippen molar-refractivity contribution in [3.05, 3.63) is 0 Å². The number of hydrogen-bond donors (Lipinski definition) is 0. The molecule has 23 heavy (non-hydrogen) atoms. The molecule has 0 aliphatic rings. The van der Waals surface area contributed by atoms with Gasteiger partial charge < -0.3 is 0 Å². The lowest BCUT2D eigenvalue weighted by molar-refractivity contribution is 0.555. The van der Waals surface area contributed by atoms with Crippen molar-refractivity contribution in [3.8, 4) is 0 Å². The maximum Gasteiger partial charge on any atom is -0.00675 e. The Balaban J connectivity index is 2.92. The van der Waals surface area contributed by atoms with Crippen LogP contribution >= 0.6 is 11.8 Å². The predicted molar refractivity (Wildman–Crippen MR) is 112 cm³/mol. The Kier molecular flexibility index (Phi) is 22.7. The summed E-state index contributed by atoms with van der Waals surface area (Å²) in [5, 5.41) is 0. The van der Waals surface area contributed by atoms with Crippen LogP contribution in [0.5, 0.6) is 0 Å². The van der Waals surface area contributed by atoms with Gasteiger partial charge in [0.05, 0.1) is 0 Å². The van der Waals surface area contributed by atoms with Crippen molar-refractivity contribution in [1.29, 1.82) is 0 Å². The van der Waals surface area contributed by atoms with Crippen molar-refractivity contribution in [2.75, 3.05) is 11.5 Å². The molecule has 0 radical (unpaired) electrons. The zero-order valence-corrected chi connectivity index (χ0v) is 17.4. The van der Waals surface area contributed by atoms with E-state index in [0.717, 1.165) is 0 Å². The van der Waals surface area contributed by atoms with Crippen LogP contribution in [0.15, 0.2) is 0 Å². The number of rotatable bonds is 20.